The fourth-order valence-corrected chi connectivity index (χ4v) is 3.08. The molecule has 0 amide bonds. The van der Waals surface area contributed by atoms with E-state index in [0.717, 1.165) is 4.31 Å². The fraction of sp³-hybridized carbons (Fsp3) is 0.417. The summed E-state index contributed by atoms with van der Waals surface area (Å²) >= 11 is 0. The molecule has 1 aromatic rings. The summed E-state index contributed by atoms with van der Waals surface area (Å²) in [4.78, 5) is 11.4. The maximum atomic E-state index is 12.4. The molecular weight excluding hydrogens is 268 g/mol. The molecule has 0 atom stereocenters. The first-order chi connectivity index (χ1) is 8.93. The summed E-state index contributed by atoms with van der Waals surface area (Å²) in [5.41, 5.74) is 5.82. The van der Waals surface area contributed by atoms with Crippen molar-refractivity contribution in [2.75, 3.05) is 25.4 Å². The highest BCUT2D eigenvalue weighted by Crippen LogP contribution is 2.21. The van der Waals surface area contributed by atoms with E-state index >= 15 is 0 Å². The van der Waals surface area contributed by atoms with Crippen LogP contribution in [-0.4, -0.2) is 38.4 Å². The van der Waals surface area contributed by atoms with Gasteiger partial charge in [-0.05, 0) is 19.1 Å². The average molecular weight is 286 g/mol. The van der Waals surface area contributed by atoms with Crippen LogP contribution in [0.25, 0.3) is 0 Å². The van der Waals surface area contributed by atoms with E-state index in [1.54, 1.807) is 26.0 Å². The van der Waals surface area contributed by atoms with Crippen molar-refractivity contribution in [1.82, 2.24) is 4.31 Å². The smallest absolute Gasteiger partial charge is 0.321 e. The lowest BCUT2D eigenvalue weighted by atomic mass is 10.3. The molecule has 0 radical (unpaired) electrons. The summed E-state index contributed by atoms with van der Waals surface area (Å²) in [5, 5.41) is 0. The third-order valence-corrected chi connectivity index (χ3v) is 4.50. The number of anilines is 1. The molecule has 0 saturated heterocycles. The Labute approximate surface area is 113 Å². The van der Waals surface area contributed by atoms with Gasteiger partial charge in [-0.2, -0.15) is 4.31 Å². The summed E-state index contributed by atoms with van der Waals surface area (Å²) in [6, 6.07) is 6.15. The van der Waals surface area contributed by atoms with Crippen LogP contribution in [0.4, 0.5) is 5.69 Å². The van der Waals surface area contributed by atoms with Crippen molar-refractivity contribution in [2.45, 2.75) is 18.7 Å². The monoisotopic (exact) mass is 286 g/mol. The van der Waals surface area contributed by atoms with Crippen molar-refractivity contribution >= 4 is 21.7 Å². The van der Waals surface area contributed by atoms with Gasteiger partial charge in [0, 0.05) is 6.54 Å². The first-order valence-electron chi connectivity index (χ1n) is 5.93. The van der Waals surface area contributed by atoms with Crippen molar-refractivity contribution in [3.8, 4) is 0 Å². The fourth-order valence-electron chi connectivity index (χ4n) is 1.57. The van der Waals surface area contributed by atoms with E-state index in [0.29, 0.717) is 0 Å². The zero-order valence-electron chi connectivity index (χ0n) is 11.0. The normalized spacial score (nSPS) is 11.5. The Balaban J connectivity index is 3.03. The van der Waals surface area contributed by atoms with Crippen molar-refractivity contribution in [3.63, 3.8) is 0 Å². The quantitative estimate of drug-likeness (QED) is 0.618. The van der Waals surface area contributed by atoms with Crippen LogP contribution in [0, 0.1) is 0 Å². The minimum atomic E-state index is -3.79. The van der Waals surface area contributed by atoms with Gasteiger partial charge in [0.25, 0.3) is 0 Å². The molecule has 0 saturated carbocycles. The summed E-state index contributed by atoms with van der Waals surface area (Å²) in [5.74, 6) is -0.581. The highest BCUT2D eigenvalue weighted by Gasteiger charge is 2.27. The Bertz CT molecular complexity index is 542. The predicted octanol–water partition coefficient (Wildman–Crippen LogP) is 0.842. The molecule has 0 aliphatic carbocycles. The number of likely N-dealkylation sites (N-methyl/N-ethyl adjacent to an activating group) is 1. The molecule has 0 aliphatic rings. The Kier molecular flexibility index (Phi) is 5.31. The van der Waals surface area contributed by atoms with E-state index in [9.17, 15) is 13.2 Å². The van der Waals surface area contributed by atoms with Gasteiger partial charge in [0.15, 0.2) is 0 Å². The van der Waals surface area contributed by atoms with Gasteiger partial charge in [-0.3, -0.25) is 4.79 Å². The summed E-state index contributed by atoms with van der Waals surface area (Å²) < 4.78 is 30.5. The maximum Gasteiger partial charge on any atom is 0.321 e. The van der Waals surface area contributed by atoms with E-state index in [-0.39, 0.29) is 30.3 Å². The molecule has 19 heavy (non-hydrogen) atoms. The number of hydrogen-bond donors (Lipinski definition) is 1. The summed E-state index contributed by atoms with van der Waals surface area (Å²) in [7, 11) is -3.79. The predicted molar refractivity (Wildman–Crippen MR) is 71.9 cm³/mol. The van der Waals surface area contributed by atoms with Crippen LogP contribution in [0.5, 0.6) is 0 Å². The van der Waals surface area contributed by atoms with Gasteiger partial charge in [-0.15, -0.1) is 0 Å². The summed E-state index contributed by atoms with van der Waals surface area (Å²) in [6.07, 6.45) is 0. The number of carbonyl (C=O) groups is 1. The minimum Gasteiger partial charge on any atom is -0.465 e. The van der Waals surface area contributed by atoms with Crippen LogP contribution in [0.15, 0.2) is 29.2 Å². The molecule has 0 unspecified atom stereocenters. The number of carbonyl (C=O) groups excluding carboxylic acids is 1. The van der Waals surface area contributed by atoms with Crippen molar-refractivity contribution < 1.29 is 17.9 Å². The van der Waals surface area contributed by atoms with E-state index < -0.39 is 16.0 Å². The number of nitrogens with two attached hydrogens (primary N) is 1. The molecule has 6 nitrogen and oxygen atoms in total. The Morgan fingerprint density at radius 2 is 1.95 bits per heavy atom. The minimum absolute atomic E-state index is 0.00106. The molecule has 1 aromatic carbocycles. The van der Waals surface area contributed by atoms with Gasteiger partial charge in [-0.25, -0.2) is 8.42 Å². The van der Waals surface area contributed by atoms with E-state index in [4.69, 9.17) is 10.5 Å². The molecule has 2 N–H and O–H groups in total. The lowest BCUT2D eigenvalue weighted by Crippen LogP contribution is -2.36. The number of para-hydroxylation sites is 1. The topological polar surface area (TPSA) is 89.7 Å². The second kappa shape index (κ2) is 6.53. The Morgan fingerprint density at radius 1 is 1.32 bits per heavy atom. The van der Waals surface area contributed by atoms with Crippen LogP contribution in [-0.2, 0) is 19.6 Å². The lowest BCUT2D eigenvalue weighted by Gasteiger charge is -2.20. The molecular formula is C12H18N2O4S. The van der Waals surface area contributed by atoms with Crippen LogP contribution < -0.4 is 5.73 Å². The molecule has 0 heterocycles. The molecule has 7 heteroatoms. The number of nitrogen functional groups attached to an aromatic ring is 1. The Morgan fingerprint density at radius 3 is 2.47 bits per heavy atom. The third-order valence-electron chi connectivity index (χ3n) is 2.50. The summed E-state index contributed by atoms with van der Waals surface area (Å²) in [6.45, 7) is 3.37. The number of ether oxygens (including phenoxy) is 1. The van der Waals surface area contributed by atoms with Gasteiger partial charge in [0.1, 0.15) is 11.4 Å². The van der Waals surface area contributed by atoms with Gasteiger partial charge >= 0.3 is 5.97 Å². The number of rotatable bonds is 6. The van der Waals surface area contributed by atoms with Gasteiger partial charge in [-0.1, -0.05) is 19.1 Å². The number of hydrogen-bond acceptors (Lipinski definition) is 5. The number of benzene rings is 1. The molecule has 0 bridgehead atoms. The zero-order chi connectivity index (χ0) is 14.5. The molecule has 0 aliphatic heterocycles. The second-order valence-corrected chi connectivity index (χ2v) is 5.68. The highest BCUT2D eigenvalue weighted by atomic mass is 32.2. The molecule has 106 valence electrons. The third kappa shape index (κ3) is 3.68. The van der Waals surface area contributed by atoms with Gasteiger partial charge < -0.3 is 10.5 Å². The lowest BCUT2D eigenvalue weighted by molar-refractivity contribution is -0.143. The SMILES string of the molecule is CCOC(=O)CN(CC)S(=O)(=O)c1ccccc1N. The molecule has 0 aromatic heterocycles. The average Bonchev–Trinajstić information content (AvgIpc) is 2.36. The molecule has 0 spiro atoms. The van der Waals surface area contributed by atoms with E-state index in [1.807, 2.05) is 0 Å². The molecule has 0 fully saturated rings. The first-order valence-corrected chi connectivity index (χ1v) is 7.37. The first kappa shape index (κ1) is 15.5. The van der Waals surface area contributed by atoms with Crippen LogP contribution in [0.3, 0.4) is 0 Å². The largest absolute Gasteiger partial charge is 0.465 e. The van der Waals surface area contributed by atoms with Crippen LogP contribution in [0.2, 0.25) is 0 Å². The van der Waals surface area contributed by atoms with Crippen molar-refractivity contribution in [3.05, 3.63) is 24.3 Å². The standard InChI is InChI=1S/C12H18N2O4S/c1-3-14(9-12(15)18-4-2)19(16,17)11-8-6-5-7-10(11)13/h5-8H,3-4,9,13H2,1-2H3. The zero-order valence-corrected chi connectivity index (χ0v) is 11.8. The van der Waals surface area contributed by atoms with Gasteiger partial charge in [0.05, 0.1) is 12.3 Å². The van der Waals surface area contributed by atoms with Crippen molar-refractivity contribution in [2.24, 2.45) is 0 Å². The number of esters is 1. The van der Waals surface area contributed by atoms with E-state index in [1.165, 1.54) is 12.1 Å². The highest BCUT2D eigenvalue weighted by molar-refractivity contribution is 7.89. The number of nitrogens with zero attached hydrogens (tertiary/aromatic N) is 1. The Hall–Kier alpha value is -1.60. The maximum absolute atomic E-state index is 12.4. The van der Waals surface area contributed by atoms with Gasteiger partial charge in [0.2, 0.25) is 10.0 Å². The van der Waals surface area contributed by atoms with Crippen molar-refractivity contribution in [1.29, 1.82) is 0 Å². The number of sulfonamides is 1. The second-order valence-electron chi connectivity index (χ2n) is 3.77. The van der Waals surface area contributed by atoms with E-state index in [2.05, 4.69) is 0 Å². The van der Waals surface area contributed by atoms with Crippen LogP contribution in [0.1, 0.15) is 13.8 Å². The molecule has 1 rings (SSSR count). The van der Waals surface area contributed by atoms with Crippen LogP contribution >= 0.6 is 0 Å².